The van der Waals surface area contributed by atoms with Crippen molar-refractivity contribution in [2.24, 2.45) is 5.73 Å². The minimum Gasteiger partial charge on any atom is -0.330 e. The van der Waals surface area contributed by atoms with Crippen molar-refractivity contribution in [3.05, 3.63) is 53.4 Å². The summed E-state index contributed by atoms with van der Waals surface area (Å²) in [5, 5.41) is 9.07. The molecule has 0 saturated heterocycles. The van der Waals surface area contributed by atoms with Crippen molar-refractivity contribution in [1.82, 2.24) is 9.55 Å². The van der Waals surface area contributed by atoms with Crippen LogP contribution in [-0.2, 0) is 13.0 Å². The average Bonchev–Trinajstić information content (AvgIpc) is 2.86. The molecule has 0 radical (unpaired) electrons. The summed E-state index contributed by atoms with van der Waals surface area (Å²) in [7, 11) is 0. The zero-order valence-corrected chi connectivity index (χ0v) is 11.4. The monoisotopic (exact) mass is 272 g/mol. The van der Waals surface area contributed by atoms with Gasteiger partial charge >= 0.3 is 0 Å². The van der Waals surface area contributed by atoms with Crippen molar-refractivity contribution in [3.63, 3.8) is 0 Å². The molecule has 0 spiro atoms. The van der Waals surface area contributed by atoms with E-state index < -0.39 is 0 Å². The van der Waals surface area contributed by atoms with Gasteiger partial charge in [0, 0.05) is 24.9 Å². The number of hydrogen-bond acceptors (Lipinski definition) is 3. The Labute approximate surface area is 117 Å². The lowest BCUT2D eigenvalue weighted by Gasteiger charge is -2.12. The van der Waals surface area contributed by atoms with Crippen LogP contribution in [0.1, 0.15) is 30.3 Å². The van der Waals surface area contributed by atoms with Gasteiger partial charge in [0.1, 0.15) is 11.6 Å². The molecule has 2 aromatic rings. The quantitative estimate of drug-likeness (QED) is 0.907. The Morgan fingerprint density at radius 2 is 2.30 bits per heavy atom. The maximum atomic E-state index is 13.3. The van der Waals surface area contributed by atoms with Crippen LogP contribution in [-0.4, -0.2) is 15.6 Å². The highest BCUT2D eigenvalue weighted by molar-refractivity contribution is 5.38. The van der Waals surface area contributed by atoms with E-state index in [1.807, 2.05) is 17.7 Å². The van der Waals surface area contributed by atoms with E-state index in [0.717, 1.165) is 12.2 Å². The van der Waals surface area contributed by atoms with Gasteiger partial charge < -0.3 is 10.3 Å². The number of imidazole rings is 1. The van der Waals surface area contributed by atoms with Crippen molar-refractivity contribution in [1.29, 1.82) is 5.26 Å². The van der Waals surface area contributed by atoms with Crippen LogP contribution in [0.15, 0.2) is 30.6 Å². The first-order valence-corrected chi connectivity index (χ1v) is 6.58. The molecule has 0 aliphatic rings. The molecule has 1 aromatic carbocycles. The van der Waals surface area contributed by atoms with Crippen molar-refractivity contribution < 1.29 is 4.39 Å². The minimum absolute atomic E-state index is 0.0547. The molecule has 0 aliphatic carbocycles. The third kappa shape index (κ3) is 3.22. The standard InChI is InChI=1S/C15H17FN4/c1-2-14(18)8-15-19-5-6-20(15)10-12-7-13(16)4-3-11(12)9-17/h3-7,14H,2,8,10,18H2,1H3. The van der Waals surface area contributed by atoms with Gasteiger partial charge in [0.15, 0.2) is 0 Å². The van der Waals surface area contributed by atoms with Gasteiger partial charge in [-0.15, -0.1) is 0 Å². The second-order valence-electron chi connectivity index (χ2n) is 4.76. The normalized spacial score (nSPS) is 12.1. The highest BCUT2D eigenvalue weighted by Crippen LogP contribution is 2.14. The van der Waals surface area contributed by atoms with Crippen molar-refractivity contribution in [2.75, 3.05) is 0 Å². The smallest absolute Gasteiger partial charge is 0.123 e. The number of halogens is 1. The molecule has 4 nitrogen and oxygen atoms in total. The third-order valence-corrected chi connectivity index (χ3v) is 3.30. The fourth-order valence-corrected chi connectivity index (χ4v) is 2.04. The Morgan fingerprint density at radius 3 is 3.00 bits per heavy atom. The van der Waals surface area contributed by atoms with E-state index in [9.17, 15) is 4.39 Å². The molecule has 1 aromatic heterocycles. The van der Waals surface area contributed by atoms with Gasteiger partial charge in [-0.3, -0.25) is 0 Å². The van der Waals surface area contributed by atoms with Gasteiger partial charge in [0.2, 0.25) is 0 Å². The Hall–Kier alpha value is -2.19. The van der Waals surface area contributed by atoms with E-state index in [1.54, 1.807) is 6.20 Å². The lowest BCUT2D eigenvalue weighted by Crippen LogP contribution is -2.23. The maximum Gasteiger partial charge on any atom is 0.123 e. The van der Waals surface area contributed by atoms with E-state index in [2.05, 4.69) is 11.1 Å². The summed E-state index contributed by atoms with van der Waals surface area (Å²) in [6.45, 7) is 2.45. The number of aromatic nitrogens is 2. The molecular formula is C15H17FN4. The van der Waals surface area contributed by atoms with E-state index in [0.29, 0.717) is 24.1 Å². The first-order chi connectivity index (χ1) is 9.63. The van der Waals surface area contributed by atoms with Gasteiger partial charge in [0.05, 0.1) is 18.2 Å². The van der Waals surface area contributed by atoms with Crippen LogP contribution in [0, 0.1) is 17.1 Å². The molecule has 1 unspecified atom stereocenters. The van der Waals surface area contributed by atoms with Crippen LogP contribution in [0.5, 0.6) is 0 Å². The van der Waals surface area contributed by atoms with Gasteiger partial charge in [-0.2, -0.15) is 5.26 Å². The predicted octanol–water partition coefficient (Wildman–Crippen LogP) is 2.22. The zero-order valence-electron chi connectivity index (χ0n) is 11.4. The van der Waals surface area contributed by atoms with Crippen molar-refractivity contribution in [2.45, 2.75) is 32.4 Å². The van der Waals surface area contributed by atoms with Crippen LogP contribution in [0.2, 0.25) is 0 Å². The highest BCUT2D eigenvalue weighted by atomic mass is 19.1. The van der Waals surface area contributed by atoms with Crippen LogP contribution in [0.3, 0.4) is 0 Å². The first kappa shape index (κ1) is 14.2. The first-order valence-electron chi connectivity index (χ1n) is 6.58. The second kappa shape index (κ2) is 6.31. The molecule has 5 heteroatoms. The Kier molecular flexibility index (Phi) is 4.49. The Morgan fingerprint density at radius 1 is 1.50 bits per heavy atom. The molecule has 0 fully saturated rings. The Bertz CT molecular complexity index is 627. The molecule has 2 rings (SSSR count). The maximum absolute atomic E-state index is 13.3. The number of benzene rings is 1. The van der Waals surface area contributed by atoms with E-state index in [4.69, 9.17) is 11.0 Å². The topological polar surface area (TPSA) is 67.6 Å². The van der Waals surface area contributed by atoms with Gasteiger partial charge in [-0.05, 0) is 30.2 Å². The molecule has 0 saturated carbocycles. The number of nitrogens with two attached hydrogens (primary N) is 1. The van der Waals surface area contributed by atoms with Gasteiger partial charge in [-0.1, -0.05) is 6.92 Å². The largest absolute Gasteiger partial charge is 0.330 e. The number of hydrogen-bond donors (Lipinski definition) is 1. The van der Waals surface area contributed by atoms with Gasteiger partial charge in [0.25, 0.3) is 0 Å². The number of nitriles is 1. The number of rotatable bonds is 5. The van der Waals surface area contributed by atoms with E-state index >= 15 is 0 Å². The summed E-state index contributed by atoms with van der Waals surface area (Å²) in [4.78, 5) is 4.28. The molecule has 0 bridgehead atoms. The fraction of sp³-hybridized carbons (Fsp3) is 0.333. The molecule has 104 valence electrons. The third-order valence-electron chi connectivity index (χ3n) is 3.30. The fourth-order valence-electron chi connectivity index (χ4n) is 2.04. The summed E-state index contributed by atoms with van der Waals surface area (Å²) in [5.41, 5.74) is 7.07. The van der Waals surface area contributed by atoms with Crippen molar-refractivity contribution in [3.8, 4) is 6.07 Å². The summed E-state index contributed by atoms with van der Waals surface area (Å²) < 4.78 is 15.2. The highest BCUT2D eigenvalue weighted by Gasteiger charge is 2.10. The van der Waals surface area contributed by atoms with E-state index in [-0.39, 0.29) is 11.9 Å². The summed E-state index contributed by atoms with van der Waals surface area (Å²) in [5.74, 6) is 0.512. The van der Waals surface area contributed by atoms with Crippen molar-refractivity contribution >= 4 is 0 Å². The van der Waals surface area contributed by atoms with Crippen LogP contribution in [0.25, 0.3) is 0 Å². The summed E-state index contributed by atoms with van der Waals surface area (Å²) in [6.07, 6.45) is 5.06. The van der Waals surface area contributed by atoms with Crippen LogP contribution >= 0.6 is 0 Å². The predicted molar refractivity (Wildman–Crippen MR) is 74.4 cm³/mol. The average molecular weight is 272 g/mol. The minimum atomic E-state index is -0.342. The lowest BCUT2D eigenvalue weighted by molar-refractivity contribution is 0.593. The molecule has 1 atom stereocenters. The molecule has 1 heterocycles. The van der Waals surface area contributed by atoms with E-state index in [1.165, 1.54) is 18.2 Å². The van der Waals surface area contributed by atoms with Crippen LogP contribution < -0.4 is 5.73 Å². The zero-order chi connectivity index (χ0) is 14.5. The van der Waals surface area contributed by atoms with Gasteiger partial charge in [-0.25, -0.2) is 9.37 Å². The molecular weight excluding hydrogens is 255 g/mol. The lowest BCUT2D eigenvalue weighted by atomic mass is 10.1. The molecule has 20 heavy (non-hydrogen) atoms. The Balaban J connectivity index is 2.25. The SMILES string of the molecule is CCC(N)Cc1nccn1Cc1cc(F)ccc1C#N. The second-order valence-corrected chi connectivity index (χ2v) is 4.76. The summed E-state index contributed by atoms with van der Waals surface area (Å²) in [6, 6.07) is 6.32. The molecule has 2 N–H and O–H groups in total. The molecule has 0 amide bonds. The number of nitrogens with zero attached hydrogens (tertiary/aromatic N) is 3. The molecule has 0 aliphatic heterocycles. The van der Waals surface area contributed by atoms with Crippen LogP contribution in [0.4, 0.5) is 4.39 Å². The summed E-state index contributed by atoms with van der Waals surface area (Å²) >= 11 is 0.